The molecule has 0 bridgehead atoms. The second kappa shape index (κ2) is 5.15. The highest BCUT2D eigenvalue weighted by Gasteiger charge is 2.40. The van der Waals surface area contributed by atoms with Crippen molar-refractivity contribution < 1.29 is 9.47 Å². The van der Waals surface area contributed by atoms with Crippen LogP contribution in [0.1, 0.15) is 25.5 Å². The quantitative estimate of drug-likeness (QED) is 0.893. The predicted octanol–water partition coefficient (Wildman–Crippen LogP) is 4.67. The Morgan fingerprint density at radius 2 is 1.95 bits per heavy atom. The Morgan fingerprint density at radius 1 is 1.19 bits per heavy atom. The molecule has 0 fully saturated rings. The van der Waals surface area contributed by atoms with E-state index in [2.05, 4.69) is 25.2 Å². The smallest absolute Gasteiger partial charge is 0.139 e. The molecule has 0 radical (unpaired) electrons. The van der Waals surface area contributed by atoms with Gasteiger partial charge in [0.2, 0.25) is 0 Å². The first-order valence-electron chi connectivity index (χ1n) is 6.89. The molecule has 1 N–H and O–H groups in total. The lowest BCUT2D eigenvalue weighted by molar-refractivity contribution is 0.118. The van der Waals surface area contributed by atoms with E-state index in [0.717, 1.165) is 17.0 Å². The molecule has 1 heterocycles. The van der Waals surface area contributed by atoms with Crippen LogP contribution in [0.3, 0.4) is 0 Å². The van der Waals surface area contributed by atoms with E-state index in [0.29, 0.717) is 10.8 Å². The van der Waals surface area contributed by atoms with Gasteiger partial charge in [0.05, 0.1) is 18.2 Å². The average molecular weight is 304 g/mol. The lowest BCUT2D eigenvalue weighted by Crippen LogP contribution is -2.34. The van der Waals surface area contributed by atoms with Gasteiger partial charge in [-0.3, -0.25) is 0 Å². The summed E-state index contributed by atoms with van der Waals surface area (Å²) in [7, 11) is 1.61. The number of halogens is 1. The molecule has 0 saturated carbocycles. The van der Waals surface area contributed by atoms with Crippen LogP contribution >= 0.6 is 11.6 Å². The maximum absolute atomic E-state index is 6.07. The molecular weight excluding hydrogens is 286 g/mol. The van der Waals surface area contributed by atoms with Crippen molar-refractivity contribution in [2.45, 2.75) is 25.5 Å². The van der Waals surface area contributed by atoms with E-state index in [1.165, 1.54) is 0 Å². The minimum atomic E-state index is -0.323. The molecule has 21 heavy (non-hydrogen) atoms. The fourth-order valence-electron chi connectivity index (χ4n) is 2.70. The van der Waals surface area contributed by atoms with E-state index >= 15 is 0 Å². The Morgan fingerprint density at radius 3 is 2.71 bits per heavy atom. The van der Waals surface area contributed by atoms with Crippen molar-refractivity contribution in [2.24, 2.45) is 0 Å². The summed E-state index contributed by atoms with van der Waals surface area (Å²) < 4.78 is 11.3. The fraction of sp³-hybridized carbons (Fsp3) is 0.294. The van der Waals surface area contributed by atoms with Gasteiger partial charge in [0.15, 0.2) is 0 Å². The number of nitrogens with one attached hydrogen (secondary N) is 1. The van der Waals surface area contributed by atoms with E-state index in [1.807, 2.05) is 36.4 Å². The molecule has 0 aromatic heterocycles. The van der Waals surface area contributed by atoms with Gasteiger partial charge in [-0.05, 0) is 32.0 Å². The monoisotopic (exact) mass is 303 g/mol. The lowest BCUT2D eigenvalue weighted by Gasteiger charge is -2.28. The van der Waals surface area contributed by atoms with Crippen molar-refractivity contribution in [3.63, 3.8) is 0 Å². The molecule has 2 aromatic rings. The molecule has 4 heteroatoms. The molecule has 1 unspecified atom stereocenters. The maximum atomic E-state index is 6.07. The number of para-hydroxylation sites is 1. The topological polar surface area (TPSA) is 30.5 Å². The number of hydrogen-bond donors (Lipinski definition) is 1. The zero-order chi connectivity index (χ0) is 15.0. The third-order valence-electron chi connectivity index (χ3n) is 3.76. The van der Waals surface area contributed by atoms with E-state index in [4.69, 9.17) is 21.1 Å². The third kappa shape index (κ3) is 2.54. The SMILES string of the molecule is COc1cc(NC2c3ccccc3OC2(C)C)ccc1Cl. The van der Waals surface area contributed by atoms with Crippen LogP contribution in [0.2, 0.25) is 5.02 Å². The van der Waals surface area contributed by atoms with Crippen LogP contribution in [0.5, 0.6) is 11.5 Å². The van der Waals surface area contributed by atoms with Crippen molar-refractivity contribution in [3.05, 3.63) is 53.1 Å². The number of benzene rings is 2. The molecule has 2 aromatic carbocycles. The molecule has 0 spiro atoms. The molecule has 3 nitrogen and oxygen atoms in total. The second-order valence-corrected chi connectivity index (χ2v) is 6.08. The van der Waals surface area contributed by atoms with Crippen LogP contribution < -0.4 is 14.8 Å². The second-order valence-electron chi connectivity index (χ2n) is 5.67. The summed E-state index contributed by atoms with van der Waals surface area (Å²) in [5.41, 5.74) is 1.79. The predicted molar refractivity (Wildman–Crippen MR) is 85.5 cm³/mol. The summed E-state index contributed by atoms with van der Waals surface area (Å²) >= 11 is 6.07. The highest BCUT2D eigenvalue weighted by atomic mass is 35.5. The minimum Gasteiger partial charge on any atom is -0.495 e. The number of fused-ring (bicyclic) bond motifs is 1. The Hall–Kier alpha value is -1.87. The standard InChI is InChI=1S/C17H18ClNO2/c1-17(2)16(12-6-4-5-7-14(12)21-17)19-11-8-9-13(18)15(10-11)20-3/h4-10,16,19H,1-3H3. The number of ether oxygens (including phenoxy) is 2. The number of anilines is 1. The van der Waals surface area contributed by atoms with Crippen molar-refractivity contribution in [2.75, 3.05) is 12.4 Å². The number of hydrogen-bond acceptors (Lipinski definition) is 3. The molecule has 0 saturated heterocycles. The molecule has 3 rings (SSSR count). The highest BCUT2D eigenvalue weighted by Crippen LogP contribution is 2.44. The lowest BCUT2D eigenvalue weighted by atomic mass is 9.94. The van der Waals surface area contributed by atoms with Gasteiger partial charge in [0.1, 0.15) is 17.1 Å². The van der Waals surface area contributed by atoms with Gasteiger partial charge in [-0.15, -0.1) is 0 Å². The molecule has 1 aliphatic heterocycles. The average Bonchev–Trinajstić information content (AvgIpc) is 2.71. The van der Waals surface area contributed by atoms with Crippen molar-refractivity contribution in [1.29, 1.82) is 0 Å². The van der Waals surface area contributed by atoms with Crippen LogP contribution in [-0.4, -0.2) is 12.7 Å². The minimum absolute atomic E-state index is 0.0691. The fourth-order valence-corrected chi connectivity index (χ4v) is 2.89. The van der Waals surface area contributed by atoms with Crippen LogP contribution in [-0.2, 0) is 0 Å². The summed E-state index contributed by atoms with van der Waals surface area (Å²) in [6.07, 6.45) is 0. The van der Waals surface area contributed by atoms with Crippen LogP contribution in [0.15, 0.2) is 42.5 Å². The van der Waals surface area contributed by atoms with Gasteiger partial charge in [-0.25, -0.2) is 0 Å². The van der Waals surface area contributed by atoms with Crippen molar-refractivity contribution in [3.8, 4) is 11.5 Å². The van der Waals surface area contributed by atoms with Crippen LogP contribution in [0.4, 0.5) is 5.69 Å². The Bertz CT molecular complexity index is 670. The Labute approximate surface area is 129 Å². The van der Waals surface area contributed by atoms with Gasteiger partial charge in [0, 0.05) is 17.3 Å². The normalized spacial score (nSPS) is 18.8. The number of rotatable bonds is 3. The molecule has 110 valence electrons. The summed E-state index contributed by atoms with van der Waals surface area (Å²) in [6, 6.07) is 13.9. The van der Waals surface area contributed by atoms with E-state index in [-0.39, 0.29) is 11.6 Å². The maximum Gasteiger partial charge on any atom is 0.139 e. The summed E-state index contributed by atoms with van der Waals surface area (Å²) in [5.74, 6) is 1.59. The zero-order valence-corrected chi connectivity index (χ0v) is 13.1. The first kappa shape index (κ1) is 14.1. The van der Waals surface area contributed by atoms with Gasteiger partial charge >= 0.3 is 0 Å². The zero-order valence-electron chi connectivity index (χ0n) is 12.3. The first-order chi connectivity index (χ1) is 10.0. The van der Waals surface area contributed by atoms with Crippen LogP contribution in [0, 0.1) is 0 Å². The molecule has 1 aliphatic rings. The van der Waals surface area contributed by atoms with Crippen molar-refractivity contribution in [1.82, 2.24) is 0 Å². The molecule has 0 amide bonds. The first-order valence-corrected chi connectivity index (χ1v) is 7.27. The molecule has 0 aliphatic carbocycles. The van der Waals surface area contributed by atoms with E-state index in [9.17, 15) is 0 Å². The van der Waals surface area contributed by atoms with E-state index in [1.54, 1.807) is 7.11 Å². The summed E-state index contributed by atoms with van der Waals surface area (Å²) in [5, 5.41) is 4.13. The third-order valence-corrected chi connectivity index (χ3v) is 4.07. The largest absolute Gasteiger partial charge is 0.495 e. The number of methoxy groups -OCH3 is 1. The van der Waals surface area contributed by atoms with Gasteiger partial charge in [-0.1, -0.05) is 29.8 Å². The Kier molecular flexibility index (Phi) is 3.46. The molecule has 1 atom stereocenters. The summed E-state index contributed by atoms with van der Waals surface area (Å²) in [6.45, 7) is 4.16. The highest BCUT2D eigenvalue weighted by molar-refractivity contribution is 6.32. The Balaban J connectivity index is 1.93. The van der Waals surface area contributed by atoms with Crippen molar-refractivity contribution >= 4 is 17.3 Å². The van der Waals surface area contributed by atoms with Gasteiger partial charge in [-0.2, -0.15) is 0 Å². The summed E-state index contributed by atoms with van der Waals surface area (Å²) in [4.78, 5) is 0. The van der Waals surface area contributed by atoms with Gasteiger partial charge in [0.25, 0.3) is 0 Å². The van der Waals surface area contributed by atoms with E-state index < -0.39 is 0 Å². The van der Waals surface area contributed by atoms with Gasteiger partial charge < -0.3 is 14.8 Å². The van der Waals surface area contributed by atoms with Crippen LogP contribution in [0.25, 0.3) is 0 Å². The molecular formula is C17H18ClNO2.